The van der Waals surface area contributed by atoms with Crippen LogP contribution in [-0.2, 0) is 30.3 Å². The Hall–Kier alpha value is -3.11. The molecule has 0 bridgehead atoms. The second-order valence-corrected chi connectivity index (χ2v) is 18.3. The van der Waals surface area contributed by atoms with E-state index in [1.54, 1.807) is 5.56 Å². The van der Waals surface area contributed by atoms with Gasteiger partial charge in [-0.15, -0.1) is 34.4 Å². The van der Waals surface area contributed by atoms with E-state index < -0.39 is 0 Å². The molecule has 1 N–H and O–H groups in total. The molecule has 0 aliphatic heterocycles. The molecule has 1 fully saturated rings. The maximum absolute atomic E-state index is 11.7. The third kappa shape index (κ3) is 8.96. The Morgan fingerprint density at radius 1 is 0.907 bits per heavy atom. The standard InChI is InChI=1S/C36H40NS.C13H24O2.Ir/c1-22-26-11-9-10-12-27(26)31(35(3,4)5)21-30(22)32-34-29(17-20-37(32)8)28-14-13-25(23(2)33(28)38-34)24-15-18-36(6,7)19-16-24;1-5-10(6-2)12(14)9-13(15)11(7-3)8-4;/h9-14,17,20-21,24H,1,8,15-16,18-19H2,2-7H3;9-11,14H,5-8H2,1-4H3;/q-1;;/b;12-9-;. The molecule has 293 valence electrons. The number of allylic oxidation sites excluding steroid dienone is 2. The van der Waals surface area contributed by atoms with Crippen molar-refractivity contribution in [1.82, 2.24) is 0 Å². The van der Waals surface area contributed by atoms with Crippen LogP contribution < -0.4 is 4.57 Å². The van der Waals surface area contributed by atoms with Crippen LogP contribution in [0.15, 0.2) is 66.6 Å². The fraction of sp³-hybridized carbons (Fsp3) is 0.469. The Bertz CT molecular complexity index is 2110. The molecule has 1 aliphatic rings. The van der Waals surface area contributed by atoms with Crippen LogP contribution in [0.5, 0.6) is 0 Å². The number of hydrogen-bond donors (Lipinski definition) is 1. The topological polar surface area (TPSA) is 41.2 Å². The van der Waals surface area contributed by atoms with Gasteiger partial charge >= 0.3 is 0 Å². The average molecular weight is 923 g/mol. The predicted molar refractivity (Wildman–Crippen MR) is 230 cm³/mol. The van der Waals surface area contributed by atoms with Crippen molar-refractivity contribution in [3.05, 3.63) is 103 Å². The molecule has 0 unspecified atom stereocenters. The zero-order valence-corrected chi connectivity index (χ0v) is 37.8. The van der Waals surface area contributed by atoms with Gasteiger partial charge in [0.2, 0.25) is 0 Å². The molecule has 6 rings (SSSR count). The van der Waals surface area contributed by atoms with E-state index in [9.17, 15) is 9.90 Å². The van der Waals surface area contributed by atoms with Gasteiger partial charge in [0, 0.05) is 54.5 Å². The van der Waals surface area contributed by atoms with Crippen LogP contribution in [0.25, 0.3) is 42.2 Å². The summed E-state index contributed by atoms with van der Waals surface area (Å²) in [6.07, 6.45) is 12.3. The van der Waals surface area contributed by atoms with Gasteiger partial charge in [0.15, 0.2) is 5.78 Å². The van der Waals surface area contributed by atoms with E-state index in [2.05, 4.69) is 115 Å². The molecule has 5 aromatic rings. The summed E-state index contributed by atoms with van der Waals surface area (Å²) in [5, 5.41) is 15.0. The molecule has 3 nitrogen and oxygen atoms in total. The molecule has 2 aromatic heterocycles. The molecule has 1 saturated carbocycles. The Kier molecular flexibility index (Phi) is 14.4. The summed E-state index contributed by atoms with van der Waals surface area (Å²) in [6, 6.07) is 18.2. The zero-order valence-electron chi connectivity index (χ0n) is 34.6. The van der Waals surface area contributed by atoms with Crippen LogP contribution in [0.1, 0.15) is 142 Å². The van der Waals surface area contributed by atoms with Crippen LogP contribution in [0.3, 0.4) is 0 Å². The number of hydrogen-bond acceptors (Lipinski definition) is 3. The number of nitrogens with zero attached hydrogens (tertiary/aromatic N) is 1. The Balaban J connectivity index is 0.000000347. The fourth-order valence-electron chi connectivity index (χ4n) is 8.52. The van der Waals surface area contributed by atoms with Gasteiger partial charge in [-0.25, -0.2) is 0 Å². The summed E-state index contributed by atoms with van der Waals surface area (Å²) in [5.74, 6) is 1.22. The summed E-state index contributed by atoms with van der Waals surface area (Å²) in [6.45, 7) is 26.8. The first kappa shape index (κ1) is 43.6. The van der Waals surface area contributed by atoms with Gasteiger partial charge in [-0.05, 0) is 103 Å². The summed E-state index contributed by atoms with van der Waals surface area (Å²) in [7, 11) is 4.45. The third-order valence-corrected chi connectivity index (χ3v) is 13.5. The number of rotatable bonds is 9. The van der Waals surface area contributed by atoms with Crippen molar-refractivity contribution < 1.29 is 34.6 Å². The van der Waals surface area contributed by atoms with Crippen molar-refractivity contribution in [2.75, 3.05) is 0 Å². The van der Waals surface area contributed by atoms with Gasteiger partial charge < -0.3 is 9.67 Å². The van der Waals surface area contributed by atoms with E-state index >= 15 is 0 Å². The maximum atomic E-state index is 11.7. The monoisotopic (exact) mass is 923 g/mol. The molecule has 0 saturated heterocycles. The molecule has 0 amide bonds. The van der Waals surface area contributed by atoms with Crippen molar-refractivity contribution in [1.29, 1.82) is 0 Å². The van der Waals surface area contributed by atoms with Crippen molar-refractivity contribution in [2.45, 2.75) is 132 Å². The number of aliphatic hydroxyl groups is 1. The summed E-state index contributed by atoms with van der Waals surface area (Å²) < 4.78 is 4.79. The Morgan fingerprint density at radius 2 is 1.48 bits per heavy atom. The summed E-state index contributed by atoms with van der Waals surface area (Å²) >= 11 is 1.94. The molecular formula is C49H64IrNO2S-. The van der Waals surface area contributed by atoms with Gasteiger partial charge in [-0.1, -0.05) is 104 Å². The van der Waals surface area contributed by atoms with Gasteiger partial charge in [0.25, 0.3) is 0 Å². The number of aryl methyl sites for hydroxylation is 1. The first-order valence-electron chi connectivity index (χ1n) is 20.1. The third-order valence-electron chi connectivity index (χ3n) is 12.2. The summed E-state index contributed by atoms with van der Waals surface area (Å²) in [4.78, 5) is 11.7. The molecule has 1 aliphatic carbocycles. The average Bonchev–Trinajstić information content (AvgIpc) is 3.49. The minimum atomic E-state index is 0. The number of carbonyl (C=O) groups excluding carboxylic acids is 1. The van der Waals surface area contributed by atoms with Crippen LogP contribution in [0, 0.1) is 38.1 Å². The van der Waals surface area contributed by atoms with Crippen LogP contribution in [0.2, 0.25) is 0 Å². The molecule has 1 radical (unpaired) electrons. The number of aliphatic hydroxyl groups excluding tert-OH is 1. The van der Waals surface area contributed by atoms with E-state index in [0.717, 1.165) is 31.2 Å². The van der Waals surface area contributed by atoms with Crippen molar-refractivity contribution in [2.24, 2.45) is 17.3 Å². The van der Waals surface area contributed by atoms with E-state index in [0.29, 0.717) is 11.3 Å². The number of fused-ring (bicyclic) bond motifs is 4. The second-order valence-electron chi connectivity index (χ2n) is 17.3. The second kappa shape index (κ2) is 17.8. The normalized spacial score (nSPS) is 15.1. The van der Waals surface area contributed by atoms with Gasteiger partial charge in [-0.2, -0.15) is 12.5 Å². The predicted octanol–water partition coefficient (Wildman–Crippen LogP) is 14.1. The SMILES string of the molecule is CCC(CC)C(=O)/C=C(\O)C(CC)CC.[CH2-]c1c(-c2c3sc4c(C)c(C5CCC(C)(C)CC5)ccc4c3cc[n+]2[CH2-])cc(C(C)(C)C)c2ccccc12.[Ir]. The molecule has 0 spiro atoms. The number of benzene rings is 3. The van der Waals surface area contributed by atoms with Gasteiger partial charge in [0.05, 0.1) is 17.6 Å². The number of thiophene rings is 1. The number of pyridine rings is 1. The maximum Gasteiger partial charge on any atom is 0.162 e. The number of carbonyl (C=O) groups is 1. The largest absolute Gasteiger partial charge is 0.512 e. The Labute approximate surface area is 344 Å². The molecule has 54 heavy (non-hydrogen) atoms. The quantitative estimate of drug-likeness (QED) is 0.0693. The Morgan fingerprint density at radius 3 is 2.06 bits per heavy atom. The van der Waals surface area contributed by atoms with Crippen molar-refractivity contribution >= 4 is 48.1 Å². The van der Waals surface area contributed by atoms with Crippen LogP contribution in [0.4, 0.5) is 0 Å². The molecule has 0 atom stereocenters. The van der Waals surface area contributed by atoms with Crippen molar-refractivity contribution in [3.63, 3.8) is 0 Å². The molecule has 3 aromatic carbocycles. The van der Waals surface area contributed by atoms with E-state index in [4.69, 9.17) is 0 Å². The van der Waals surface area contributed by atoms with E-state index in [1.165, 1.54) is 85.1 Å². The number of ketones is 1. The van der Waals surface area contributed by atoms with Gasteiger partial charge in [0.1, 0.15) is 0 Å². The fourth-order valence-corrected chi connectivity index (χ4v) is 9.89. The number of aromatic nitrogens is 1. The van der Waals surface area contributed by atoms with E-state index in [-0.39, 0.29) is 48.9 Å². The first-order chi connectivity index (χ1) is 25.1. The molecular weight excluding hydrogens is 859 g/mol. The molecule has 5 heteroatoms. The van der Waals surface area contributed by atoms with Crippen LogP contribution >= 0.6 is 11.3 Å². The van der Waals surface area contributed by atoms with Crippen LogP contribution in [-0.4, -0.2) is 10.9 Å². The van der Waals surface area contributed by atoms with E-state index in [1.807, 2.05) is 39.0 Å². The van der Waals surface area contributed by atoms with Gasteiger partial charge in [-0.3, -0.25) is 4.79 Å². The minimum Gasteiger partial charge on any atom is -0.512 e. The minimum absolute atomic E-state index is 0. The van der Waals surface area contributed by atoms with Crippen molar-refractivity contribution in [3.8, 4) is 11.3 Å². The smallest absolute Gasteiger partial charge is 0.162 e. The first-order valence-corrected chi connectivity index (χ1v) is 20.9. The molecule has 2 heterocycles. The zero-order chi connectivity index (χ0) is 38.8. The summed E-state index contributed by atoms with van der Waals surface area (Å²) in [5.41, 5.74) is 8.33.